The number of hydrogen-bond donors (Lipinski definition) is 0. The van der Waals surface area contributed by atoms with Crippen molar-refractivity contribution in [3.05, 3.63) is 47.5 Å². The molecule has 2 aliphatic rings. The summed E-state index contributed by atoms with van der Waals surface area (Å²) in [6.45, 7) is 4.99. The Labute approximate surface area is 179 Å². The van der Waals surface area contributed by atoms with Crippen LogP contribution in [-0.2, 0) is 11.2 Å². The lowest BCUT2D eigenvalue weighted by molar-refractivity contribution is 0.000546. The van der Waals surface area contributed by atoms with Crippen LogP contribution < -0.4 is 4.90 Å². The zero-order chi connectivity index (χ0) is 20.8. The van der Waals surface area contributed by atoms with E-state index in [-0.39, 0.29) is 0 Å². The number of ether oxygens (including phenoxy) is 1. The van der Waals surface area contributed by atoms with Crippen molar-refractivity contribution in [2.75, 3.05) is 24.6 Å². The number of piperidine rings is 1. The van der Waals surface area contributed by atoms with Gasteiger partial charge in [-0.2, -0.15) is 5.26 Å². The highest BCUT2D eigenvalue weighted by molar-refractivity contribution is 5.37. The third-order valence-corrected chi connectivity index (χ3v) is 6.65. The highest BCUT2D eigenvalue weighted by Crippen LogP contribution is 2.35. The minimum absolute atomic E-state index is 0.358. The quantitative estimate of drug-likeness (QED) is 0.715. The molecule has 6 nitrogen and oxygen atoms in total. The van der Waals surface area contributed by atoms with E-state index in [0.29, 0.717) is 17.9 Å². The third kappa shape index (κ3) is 4.96. The lowest BCUT2D eigenvalue weighted by Gasteiger charge is -2.34. The Kier molecular flexibility index (Phi) is 6.91. The Morgan fingerprint density at radius 3 is 2.47 bits per heavy atom. The predicted molar refractivity (Wildman–Crippen MR) is 116 cm³/mol. The van der Waals surface area contributed by atoms with Crippen LogP contribution in [0.3, 0.4) is 0 Å². The third-order valence-electron chi connectivity index (χ3n) is 6.65. The van der Waals surface area contributed by atoms with Gasteiger partial charge in [0.25, 0.3) is 0 Å². The largest absolute Gasteiger partial charge is 0.378 e. The number of nitrogens with zero attached hydrogens (tertiary/aromatic N) is 5. The van der Waals surface area contributed by atoms with Crippen LogP contribution in [-0.4, -0.2) is 40.8 Å². The van der Waals surface area contributed by atoms with Crippen molar-refractivity contribution in [2.45, 2.75) is 63.9 Å². The molecule has 3 heterocycles. The summed E-state index contributed by atoms with van der Waals surface area (Å²) in [5.74, 6) is 1.95. The average Bonchev–Trinajstić information content (AvgIpc) is 2.83. The maximum absolute atomic E-state index is 9.32. The molecule has 0 atom stereocenters. The van der Waals surface area contributed by atoms with E-state index in [1.807, 2.05) is 18.5 Å². The Bertz CT molecular complexity index is 847. The SMILES string of the molecule is CCc1cnc(N2CCC(CO[C@H]3CC[C@H](c4ccncc4C#N)CC3)CC2)nc1. The van der Waals surface area contributed by atoms with Crippen LogP contribution in [0.4, 0.5) is 5.95 Å². The van der Waals surface area contributed by atoms with E-state index in [4.69, 9.17) is 4.74 Å². The summed E-state index contributed by atoms with van der Waals surface area (Å²) in [7, 11) is 0. The van der Waals surface area contributed by atoms with Gasteiger partial charge in [0, 0.05) is 44.5 Å². The molecule has 1 aliphatic heterocycles. The average molecular weight is 406 g/mol. The molecular weight excluding hydrogens is 374 g/mol. The van der Waals surface area contributed by atoms with Crippen molar-refractivity contribution in [3.63, 3.8) is 0 Å². The fourth-order valence-electron chi connectivity index (χ4n) is 4.66. The van der Waals surface area contributed by atoms with E-state index in [1.54, 1.807) is 12.4 Å². The van der Waals surface area contributed by atoms with Gasteiger partial charge >= 0.3 is 0 Å². The maximum atomic E-state index is 9.32. The summed E-state index contributed by atoms with van der Waals surface area (Å²) >= 11 is 0. The highest BCUT2D eigenvalue weighted by Gasteiger charge is 2.26. The predicted octanol–water partition coefficient (Wildman–Crippen LogP) is 4.27. The second-order valence-corrected chi connectivity index (χ2v) is 8.56. The van der Waals surface area contributed by atoms with Gasteiger partial charge in [-0.25, -0.2) is 9.97 Å². The van der Waals surface area contributed by atoms with Crippen molar-refractivity contribution in [2.24, 2.45) is 5.92 Å². The molecular formula is C24H31N5O. The molecule has 1 saturated heterocycles. The first kappa shape index (κ1) is 20.7. The number of hydrogen-bond acceptors (Lipinski definition) is 6. The van der Waals surface area contributed by atoms with Crippen LogP contribution in [0.1, 0.15) is 68.1 Å². The molecule has 4 rings (SSSR count). The van der Waals surface area contributed by atoms with Crippen LogP contribution in [0.5, 0.6) is 0 Å². The molecule has 2 aromatic heterocycles. The minimum atomic E-state index is 0.358. The number of aromatic nitrogens is 3. The molecule has 1 aliphatic carbocycles. The van der Waals surface area contributed by atoms with Gasteiger partial charge in [0.15, 0.2) is 0 Å². The van der Waals surface area contributed by atoms with Crippen LogP contribution in [0.2, 0.25) is 0 Å². The standard InChI is InChI=1S/C24H31N5O/c1-2-18-14-27-24(28-15-18)29-11-8-19(9-12-29)17-30-22-5-3-20(4-6-22)23-7-10-26-16-21(23)13-25/h7,10,14-16,19-20,22H,2-6,8-9,11-12,17H2,1H3/t20-,22-. The van der Waals surface area contributed by atoms with Gasteiger partial charge in [-0.05, 0) is 74.0 Å². The Balaban J connectivity index is 1.19. The van der Waals surface area contributed by atoms with Crippen molar-refractivity contribution >= 4 is 5.95 Å². The summed E-state index contributed by atoms with van der Waals surface area (Å²) < 4.78 is 6.31. The van der Waals surface area contributed by atoms with E-state index < -0.39 is 0 Å². The van der Waals surface area contributed by atoms with Crippen molar-refractivity contribution < 1.29 is 4.74 Å². The molecule has 2 aromatic rings. The zero-order valence-electron chi connectivity index (χ0n) is 17.8. The topological polar surface area (TPSA) is 74.9 Å². The molecule has 1 saturated carbocycles. The summed E-state index contributed by atoms with van der Waals surface area (Å²) in [5, 5.41) is 9.32. The maximum Gasteiger partial charge on any atom is 0.225 e. The molecule has 0 aromatic carbocycles. The molecule has 0 radical (unpaired) electrons. The van der Waals surface area contributed by atoms with E-state index in [2.05, 4.69) is 32.8 Å². The van der Waals surface area contributed by atoms with E-state index in [0.717, 1.165) is 81.7 Å². The Morgan fingerprint density at radius 1 is 1.07 bits per heavy atom. The zero-order valence-corrected chi connectivity index (χ0v) is 17.8. The first-order chi connectivity index (χ1) is 14.8. The van der Waals surface area contributed by atoms with Gasteiger partial charge in [0.1, 0.15) is 6.07 Å². The summed E-state index contributed by atoms with van der Waals surface area (Å²) in [4.78, 5) is 15.4. The van der Waals surface area contributed by atoms with Crippen LogP contribution >= 0.6 is 0 Å². The first-order valence-corrected chi connectivity index (χ1v) is 11.3. The lowest BCUT2D eigenvalue weighted by atomic mass is 9.81. The molecule has 0 N–H and O–H groups in total. The summed E-state index contributed by atoms with van der Waals surface area (Å²) in [6, 6.07) is 4.30. The molecule has 0 unspecified atom stereocenters. The Morgan fingerprint density at radius 2 is 1.80 bits per heavy atom. The van der Waals surface area contributed by atoms with Gasteiger partial charge in [-0.3, -0.25) is 4.98 Å². The minimum Gasteiger partial charge on any atom is -0.378 e. The van der Waals surface area contributed by atoms with Gasteiger partial charge in [-0.1, -0.05) is 6.92 Å². The molecule has 6 heteroatoms. The second-order valence-electron chi connectivity index (χ2n) is 8.56. The normalized spacial score (nSPS) is 22.6. The molecule has 30 heavy (non-hydrogen) atoms. The van der Waals surface area contributed by atoms with E-state index >= 15 is 0 Å². The monoisotopic (exact) mass is 405 g/mol. The van der Waals surface area contributed by atoms with Crippen LogP contribution in [0.15, 0.2) is 30.9 Å². The van der Waals surface area contributed by atoms with Gasteiger partial charge in [-0.15, -0.1) is 0 Å². The molecule has 0 amide bonds. The van der Waals surface area contributed by atoms with Gasteiger partial charge in [0.2, 0.25) is 5.95 Å². The van der Waals surface area contributed by atoms with Gasteiger partial charge in [0.05, 0.1) is 11.7 Å². The van der Waals surface area contributed by atoms with E-state index in [9.17, 15) is 5.26 Å². The molecule has 2 fully saturated rings. The summed E-state index contributed by atoms with van der Waals surface area (Å²) in [6.07, 6.45) is 15.3. The number of aryl methyl sites for hydroxylation is 1. The van der Waals surface area contributed by atoms with E-state index in [1.165, 1.54) is 5.56 Å². The molecule has 0 spiro atoms. The first-order valence-electron chi connectivity index (χ1n) is 11.3. The highest BCUT2D eigenvalue weighted by atomic mass is 16.5. The number of rotatable bonds is 6. The van der Waals surface area contributed by atoms with Crippen molar-refractivity contribution in [1.82, 2.24) is 15.0 Å². The second kappa shape index (κ2) is 9.99. The fourth-order valence-corrected chi connectivity index (χ4v) is 4.66. The smallest absolute Gasteiger partial charge is 0.225 e. The van der Waals surface area contributed by atoms with Crippen LogP contribution in [0, 0.1) is 17.2 Å². The Hall–Kier alpha value is -2.52. The van der Waals surface area contributed by atoms with Crippen LogP contribution in [0.25, 0.3) is 0 Å². The molecule has 0 bridgehead atoms. The summed E-state index contributed by atoms with van der Waals surface area (Å²) in [5.41, 5.74) is 3.07. The fraction of sp³-hybridized carbons (Fsp3) is 0.583. The number of pyridine rings is 1. The number of anilines is 1. The van der Waals surface area contributed by atoms with Crippen molar-refractivity contribution in [1.29, 1.82) is 5.26 Å². The van der Waals surface area contributed by atoms with Crippen molar-refractivity contribution in [3.8, 4) is 6.07 Å². The number of nitriles is 1. The lowest BCUT2D eigenvalue weighted by Crippen LogP contribution is -2.36. The molecule has 158 valence electrons. The van der Waals surface area contributed by atoms with Gasteiger partial charge < -0.3 is 9.64 Å².